The van der Waals surface area contributed by atoms with Crippen molar-refractivity contribution in [3.05, 3.63) is 0 Å². The number of nitrogens with two attached hydrogens (primary N) is 1. The highest BCUT2D eigenvalue weighted by Gasteiger charge is 2.31. The Labute approximate surface area is 68.2 Å². The van der Waals surface area contributed by atoms with Crippen molar-refractivity contribution in [1.82, 2.24) is 0 Å². The van der Waals surface area contributed by atoms with Gasteiger partial charge in [-0.05, 0) is 24.7 Å². The van der Waals surface area contributed by atoms with E-state index >= 15 is 0 Å². The van der Waals surface area contributed by atoms with Crippen molar-refractivity contribution in [3.63, 3.8) is 0 Å². The smallest absolute Gasteiger partial charge is 0.123 e. The van der Waals surface area contributed by atoms with Crippen molar-refractivity contribution in [2.24, 2.45) is 17.1 Å². The summed E-state index contributed by atoms with van der Waals surface area (Å²) in [6.45, 7) is 4.37. The molecule has 1 fully saturated rings. The zero-order valence-corrected chi connectivity index (χ0v) is 7.34. The van der Waals surface area contributed by atoms with E-state index in [4.69, 9.17) is 5.73 Å². The molecule has 1 rings (SSSR count). The minimum absolute atomic E-state index is 0.203. The fourth-order valence-electron chi connectivity index (χ4n) is 2.16. The van der Waals surface area contributed by atoms with E-state index in [-0.39, 0.29) is 17.4 Å². The molecule has 11 heavy (non-hydrogen) atoms. The Kier molecular flexibility index (Phi) is 2.33. The van der Waals surface area contributed by atoms with Gasteiger partial charge >= 0.3 is 0 Å². The van der Waals surface area contributed by atoms with Gasteiger partial charge in [-0.25, -0.2) is 0 Å². The van der Waals surface area contributed by atoms with Gasteiger partial charge in [-0.15, -0.1) is 0 Å². The van der Waals surface area contributed by atoms with Crippen molar-refractivity contribution in [1.29, 1.82) is 0 Å². The maximum absolute atomic E-state index is 10.5. The first-order chi connectivity index (χ1) is 5.03. The molecule has 0 bridgehead atoms. The highest BCUT2D eigenvalue weighted by molar-refractivity contribution is 5.54. The molecule has 2 atom stereocenters. The van der Waals surface area contributed by atoms with Gasteiger partial charge < -0.3 is 10.5 Å². The predicted molar refractivity (Wildman–Crippen MR) is 45.2 cm³/mol. The summed E-state index contributed by atoms with van der Waals surface area (Å²) in [4.78, 5) is 10.5. The standard InChI is InChI=1S/C9H17NO/c1-9(2)4-7(6-11)3-8(10)5-9/h6-8H,3-5,10H2,1-2H3. The van der Waals surface area contributed by atoms with E-state index in [1.54, 1.807) is 0 Å². The summed E-state index contributed by atoms with van der Waals surface area (Å²) in [7, 11) is 0. The normalized spacial score (nSPS) is 36.6. The lowest BCUT2D eigenvalue weighted by Gasteiger charge is -2.36. The molecule has 0 spiro atoms. The zero-order valence-electron chi connectivity index (χ0n) is 7.34. The predicted octanol–water partition coefficient (Wildman–Crippen LogP) is 1.34. The van der Waals surface area contributed by atoms with Crippen LogP contribution >= 0.6 is 0 Å². The molecule has 2 unspecified atom stereocenters. The van der Waals surface area contributed by atoms with E-state index in [0.717, 1.165) is 25.5 Å². The number of carbonyl (C=O) groups is 1. The minimum atomic E-state index is 0.203. The van der Waals surface area contributed by atoms with Crippen molar-refractivity contribution >= 4 is 6.29 Å². The van der Waals surface area contributed by atoms with Crippen molar-refractivity contribution in [2.75, 3.05) is 0 Å². The molecule has 0 aromatic carbocycles. The van der Waals surface area contributed by atoms with Gasteiger partial charge in [-0.1, -0.05) is 13.8 Å². The second-order valence-corrected chi connectivity index (χ2v) is 4.46. The Hall–Kier alpha value is -0.370. The quantitative estimate of drug-likeness (QED) is 0.581. The van der Waals surface area contributed by atoms with Crippen LogP contribution in [0, 0.1) is 11.3 Å². The van der Waals surface area contributed by atoms with Gasteiger partial charge in [-0.3, -0.25) is 0 Å². The van der Waals surface area contributed by atoms with Crippen LogP contribution in [0.4, 0.5) is 0 Å². The van der Waals surface area contributed by atoms with E-state index in [2.05, 4.69) is 13.8 Å². The van der Waals surface area contributed by atoms with Crippen LogP contribution in [0.1, 0.15) is 33.1 Å². The summed E-state index contributed by atoms with van der Waals surface area (Å²) >= 11 is 0. The molecular weight excluding hydrogens is 138 g/mol. The van der Waals surface area contributed by atoms with Gasteiger partial charge in [0.15, 0.2) is 0 Å². The monoisotopic (exact) mass is 155 g/mol. The SMILES string of the molecule is CC1(C)CC(N)CC(C=O)C1. The third-order valence-electron chi connectivity index (χ3n) is 2.43. The summed E-state index contributed by atoms with van der Waals surface area (Å²) in [6.07, 6.45) is 4.00. The third kappa shape index (κ3) is 2.29. The molecule has 2 N–H and O–H groups in total. The molecule has 1 aliphatic rings. The molecule has 0 saturated heterocycles. The highest BCUT2D eigenvalue weighted by atomic mass is 16.1. The molecule has 0 aromatic heterocycles. The first-order valence-electron chi connectivity index (χ1n) is 4.24. The molecule has 2 heteroatoms. The van der Waals surface area contributed by atoms with Crippen molar-refractivity contribution in [2.45, 2.75) is 39.2 Å². The largest absolute Gasteiger partial charge is 0.328 e. The number of rotatable bonds is 1. The average molecular weight is 155 g/mol. The molecule has 0 radical (unpaired) electrons. The molecule has 0 amide bonds. The first kappa shape index (κ1) is 8.72. The Morgan fingerprint density at radius 2 is 2.09 bits per heavy atom. The fraction of sp³-hybridized carbons (Fsp3) is 0.889. The summed E-state index contributed by atoms with van der Waals surface area (Å²) < 4.78 is 0. The molecule has 64 valence electrons. The van der Waals surface area contributed by atoms with Gasteiger partial charge in [0.1, 0.15) is 6.29 Å². The van der Waals surface area contributed by atoms with Gasteiger partial charge in [0, 0.05) is 12.0 Å². The van der Waals surface area contributed by atoms with E-state index < -0.39 is 0 Å². The second-order valence-electron chi connectivity index (χ2n) is 4.46. The van der Waals surface area contributed by atoms with Crippen LogP contribution in [-0.2, 0) is 4.79 Å². The average Bonchev–Trinajstić information content (AvgIpc) is 1.83. The Morgan fingerprint density at radius 3 is 2.55 bits per heavy atom. The molecule has 2 nitrogen and oxygen atoms in total. The number of aldehydes is 1. The number of carbonyl (C=O) groups excluding carboxylic acids is 1. The summed E-state index contributed by atoms with van der Waals surface area (Å²) in [5.74, 6) is 0.203. The minimum Gasteiger partial charge on any atom is -0.328 e. The van der Waals surface area contributed by atoms with Gasteiger partial charge in [0.2, 0.25) is 0 Å². The lowest BCUT2D eigenvalue weighted by Crippen LogP contribution is -2.37. The van der Waals surface area contributed by atoms with Crippen LogP contribution in [0.3, 0.4) is 0 Å². The second kappa shape index (κ2) is 2.94. The lowest BCUT2D eigenvalue weighted by molar-refractivity contribution is -0.113. The molecule has 1 aliphatic carbocycles. The van der Waals surface area contributed by atoms with Crippen LogP contribution in [0.25, 0.3) is 0 Å². The van der Waals surface area contributed by atoms with E-state index in [9.17, 15) is 4.79 Å². The Morgan fingerprint density at radius 1 is 1.45 bits per heavy atom. The Bertz CT molecular complexity index is 154. The summed E-state index contributed by atoms with van der Waals surface area (Å²) in [5, 5.41) is 0. The van der Waals surface area contributed by atoms with E-state index in [1.165, 1.54) is 0 Å². The maximum Gasteiger partial charge on any atom is 0.123 e. The fourth-order valence-corrected chi connectivity index (χ4v) is 2.16. The van der Waals surface area contributed by atoms with E-state index in [1.807, 2.05) is 0 Å². The summed E-state index contributed by atoms with van der Waals surface area (Å²) in [5.41, 5.74) is 6.08. The zero-order chi connectivity index (χ0) is 8.48. The molecular formula is C9H17NO. The van der Waals surface area contributed by atoms with Crippen molar-refractivity contribution in [3.8, 4) is 0 Å². The maximum atomic E-state index is 10.5. The Balaban J connectivity index is 2.57. The third-order valence-corrected chi connectivity index (χ3v) is 2.43. The van der Waals surface area contributed by atoms with Crippen LogP contribution < -0.4 is 5.73 Å². The van der Waals surface area contributed by atoms with Gasteiger partial charge in [-0.2, -0.15) is 0 Å². The van der Waals surface area contributed by atoms with Crippen molar-refractivity contribution < 1.29 is 4.79 Å². The first-order valence-corrected chi connectivity index (χ1v) is 4.24. The van der Waals surface area contributed by atoms with Gasteiger partial charge in [0.25, 0.3) is 0 Å². The number of hydrogen-bond acceptors (Lipinski definition) is 2. The molecule has 0 aliphatic heterocycles. The highest BCUT2D eigenvalue weighted by Crippen LogP contribution is 2.36. The number of hydrogen-bond donors (Lipinski definition) is 1. The topological polar surface area (TPSA) is 43.1 Å². The van der Waals surface area contributed by atoms with Crippen LogP contribution in [0.15, 0.2) is 0 Å². The lowest BCUT2D eigenvalue weighted by atomic mass is 9.71. The molecule has 0 heterocycles. The van der Waals surface area contributed by atoms with Crippen LogP contribution in [0.5, 0.6) is 0 Å². The van der Waals surface area contributed by atoms with Crippen LogP contribution in [-0.4, -0.2) is 12.3 Å². The summed E-state index contributed by atoms with van der Waals surface area (Å²) in [6, 6.07) is 0.231. The molecule has 1 saturated carbocycles. The van der Waals surface area contributed by atoms with Crippen LogP contribution in [0.2, 0.25) is 0 Å². The van der Waals surface area contributed by atoms with E-state index in [0.29, 0.717) is 0 Å². The van der Waals surface area contributed by atoms with Gasteiger partial charge in [0.05, 0.1) is 0 Å². The molecule has 0 aromatic rings.